The Balaban J connectivity index is 1.67. The van der Waals surface area contributed by atoms with Crippen molar-refractivity contribution in [3.05, 3.63) is 58.6 Å². The minimum Gasteiger partial charge on any atom is -0.444 e. The highest BCUT2D eigenvalue weighted by Crippen LogP contribution is 2.29. The molecule has 1 fully saturated rings. The van der Waals surface area contributed by atoms with Gasteiger partial charge in [0.1, 0.15) is 11.3 Å². The molecule has 0 bridgehead atoms. The molecule has 2 aromatic rings. The number of nitro groups is 1. The SMILES string of the molecule is CC(C)(C)OC(=O)N1CCN(CC[C@H](CSc2ccccc2)Nc2ccc(S(N)(=O)=O)cc2[N+](=O)[O-])CC1. The van der Waals surface area contributed by atoms with Gasteiger partial charge in [-0.25, -0.2) is 18.4 Å². The van der Waals surface area contributed by atoms with Crippen LogP contribution in [0.15, 0.2) is 58.3 Å². The number of nitrogens with zero attached hydrogens (tertiary/aromatic N) is 3. The minimum atomic E-state index is -4.08. The van der Waals surface area contributed by atoms with E-state index in [9.17, 15) is 23.3 Å². The molecule has 11 nitrogen and oxygen atoms in total. The van der Waals surface area contributed by atoms with Crippen LogP contribution in [-0.4, -0.2) is 79.4 Å². The number of anilines is 1. The number of amides is 1. The predicted molar refractivity (Wildman–Crippen MR) is 148 cm³/mol. The number of benzene rings is 2. The van der Waals surface area contributed by atoms with Gasteiger partial charge in [-0.15, -0.1) is 11.8 Å². The lowest BCUT2D eigenvalue weighted by Crippen LogP contribution is -2.50. The average molecular weight is 566 g/mol. The molecule has 38 heavy (non-hydrogen) atoms. The van der Waals surface area contributed by atoms with Crippen LogP contribution in [0.25, 0.3) is 0 Å². The number of nitro benzene ring substituents is 1. The third-order valence-corrected chi connectivity index (χ3v) is 7.95. The van der Waals surface area contributed by atoms with Crippen LogP contribution in [0, 0.1) is 10.1 Å². The van der Waals surface area contributed by atoms with Crippen molar-refractivity contribution in [2.45, 2.75) is 48.6 Å². The first-order valence-corrected chi connectivity index (χ1v) is 14.8. The number of hydrogen-bond acceptors (Lipinski definition) is 9. The van der Waals surface area contributed by atoms with E-state index >= 15 is 0 Å². The van der Waals surface area contributed by atoms with Gasteiger partial charge in [0.25, 0.3) is 5.69 Å². The van der Waals surface area contributed by atoms with Gasteiger partial charge in [0.15, 0.2) is 0 Å². The monoisotopic (exact) mass is 565 g/mol. The molecule has 0 spiro atoms. The van der Waals surface area contributed by atoms with Gasteiger partial charge >= 0.3 is 6.09 Å². The van der Waals surface area contributed by atoms with E-state index in [-0.39, 0.29) is 28.4 Å². The molecule has 1 heterocycles. The maximum atomic E-state index is 12.4. The van der Waals surface area contributed by atoms with Crippen LogP contribution in [0.3, 0.4) is 0 Å². The van der Waals surface area contributed by atoms with E-state index in [2.05, 4.69) is 10.2 Å². The van der Waals surface area contributed by atoms with Gasteiger partial charge in [0.2, 0.25) is 10.0 Å². The number of rotatable bonds is 10. The van der Waals surface area contributed by atoms with E-state index in [0.717, 1.165) is 17.5 Å². The van der Waals surface area contributed by atoms with E-state index < -0.39 is 20.5 Å². The van der Waals surface area contributed by atoms with E-state index in [0.29, 0.717) is 38.4 Å². The van der Waals surface area contributed by atoms with Crippen molar-refractivity contribution in [2.75, 3.05) is 43.8 Å². The highest BCUT2D eigenvalue weighted by atomic mass is 32.2. The van der Waals surface area contributed by atoms with E-state index in [1.807, 2.05) is 51.1 Å². The Kier molecular flexibility index (Phi) is 9.99. The zero-order valence-corrected chi connectivity index (χ0v) is 23.5. The molecule has 3 rings (SSSR count). The van der Waals surface area contributed by atoms with Gasteiger partial charge in [0.05, 0.1) is 9.82 Å². The van der Waals surface area contributed by atoms with Gasteiger partial charge in [-0.1, -0.05) is 18.2 Å². The molecule has 3 N–H and O–H groups in total. The molecule has 1 saturated heterocycles. The number of hydrogen-bond donors (Lipinski definition) is 2. The second-order valence-corrected chi connectivity index (χ2v) is 12.7. The Labute approximate surface area is 227 Å². The van der Waals surface area contributed by atoms with Crippen molar-refractivity contribution in [3.8, 4) is 0 Å². The van der Waals surface area contributed by atoms with Crippen molar-refractivity contribution in [3.63, 3.8) is 0 Å². The summed E-state index contributed by atoms with van der Waals surface area (Å²) in [5, 5.41) is 20.1. The minimum absolute atomic E-state index is 0.150. The normalized spacial score (nSPS) is 15.6. The van der Waals surface area contributed by atoms with Crippen molar-refractivity contribution in [2.24, 2.45) is 5.14 Å². The molecule has 208 valence electrons. The molecule has 1 amide bonds. The van der Waals surface area contributed by atoms with Crippen LogP contribution in [0.2, 0.25) is 0 Å². The summed E-state index contributed by atoms with van der Waals surface area (Å²) < 4.78 is 28.9. The average Bonchev–Trinajstić information content (AvgIpc) is 2.85. The number of carbonyl (C=O) groups excluding carboxylic acids is 1. The van der Waals surface area contributed by atoms with Gasteiger partial charge in [-0.05, 0) is 51.5 Å². The lowest BCUT2D eigenvalue weighted by atomic mass is 10.1. The summed E-state index contributed by atoms with van der Waals surface area (Å²) in [6, 6.07) is 13.3. The van der Waals surface area contributed by atoms with Gasteiger partial charge in [0, 0.05) is 55.5 Å². The summed E-state index contributed by atoms with van der Waals surface area (Å²) in [5.74, 6) is 0.635. The van der Waals surface area contributed by atoms with Crippen molar-refractivity contribution in [1.82, 2.24) is 9.80 Å². The second kappa shape index (κ2) is 12.8. The number of ether oxygens (including phenoxy) is 1. The van der Waals surface area contributed by atoms with Crippen molar-refractivity contribution in [1.29, 1.82) is 0 Å². The van der Waals surface area contributed by atoms with Crippen LogP contribution >= 0.6 is 11.8 Å². The molecule has 0 saturated carbocycles. The summed E-state index contributed by atoms with van der Waals surface area (Å²) in [7, 11) is -4.08. The summed E-state index contributed by atoms with van der Waals surface area (Å²) >= 11 is 1.63. The van der Waals surface area contributed by atoms with Crippen molar-refractivity contribution >= 4 is 39.3 Å². The van der Waals surface area contributed by atoms with Crippen LogP contribution in [-0.2, 0) is 14.8 Å². The smallest absolute Gasteiger partial charge is 0.410 e. The quantitative estimate of drug-likeness (QED) is 0.249. The largest absolute Gasteiger partial charge is 0.444 e. The number of sulfonamides is 1. The zero-order chi connectivity index (χ0) is 27.9. The molecular formula is C25H35N5O6S2. The van der Waals surface area contributed by atoms with Gasteiger partial charge in [-0.2, -0.15) is 0 Å². The number of nitrogens with one attached hydrogen (secondary N) is 1. The Morgan fingerprint density at radius 1 is 1.16 bits per heavy atom. The fraction of sp³-hybridized carbons (Fsp3) is 0.480. The molecular weight excluding hydrogens is 530 g/mol. The van der Waals surface area contributed by atoms with Gasteiger partial charge in [-0.3, -0.25) is 15.0 Å². The molecule has 2 aromatic carbocycles. The third-order valence-electron chi connectivity index (χ3n) is 5.87. The fourth-order valence-electron chi connectivity index (χ4n) is 3.91. The van der Waals surface area contributed by atoms with Crippen LogP contribution in [0.5, 0.6) is 0 Å². The topological polar surface area (TPSA) is 148 Å². The van der Waals surface area contributed by atoms with Gasteiger partial charge < -0.3 is 15.0 Å². The maximum Gasteiger partial charge on any atom is 0.410 e. The van der Waals surface area contributed by atoms with E-state index in [1.54, 1.807) is 16.7 Å². The number of thioether (sulfide) groups is 1. The van der Waals surface area contributed by atoms with Crippen LogP contribution in [0.1, 0.15) is 27.2 Å². The standard InChI is InChI=1S/C25H35N5O6S2/c1-25(2,3)36-24(31)29-15-13-28(14-16-29)12-11-19(18-37-20-7-5-4-6-8-20)27-22-10-9-21(38(26,34)35)17-23(22)30(32)33/h4-10,17,19,27H,11-16,18H2,1-3H3,(H2,26,34,35)/t19-/m1/s1. The summed E-state index contributed by atoms with van der Waals surface area (Å²) in [4.78, 5) is 28.2. The number of nitrogens with two attached hydrogens (primary N) is 1. The summed E-state index contributed by atoms with van der Waals surface area (Å²) in [5.41, 5.74) is -0.661. The zero-order valence-electron chi connectivity index (χ0n) is 21.8. The molecule has 0 aromatic heterocycles. The van der Waals surface area contributed by atoms with Crippen LogP contribution in [0.4, 0.5) is 16.2 Å². The lowest BCUT2D eigenvalue weighted by Gasteiger charge is -2.36. The molecule has 1 aliphatic heterocycles. The molecule has 0 unspecified atom stereocenters. The maximum absolute atomic E-state index is 12.4. The first kappa shape index (κ1) is 29.7. The summed E-state index contributed by atoms with van der Waals surface area (Å²) in [6.07, 6.45) is 0.367. The number of carbonyl (C=O) groups is 1. The van der Waals surface area contributed by atoms with E-state index in [1.165, 1.54) is 12.1 Å². The molecule has 0 aliphatic carbocycles. The summed E-state index contributed by atoms with van der Waals surface area (Å²) in [6.45, 7) is 8.76. The fourth-order valence-corrected chi connectivity index (χ4v) is 5.44. The Bertz CT molecular complexity index is 1210. The van der Waals surface area contributed by atoms with Crippen molar-refractivity contribution < 1.29 is 22.9 Å². The second-order valence-electron chi connectivity index (χ2n) is 10.0. The predicted octanol–water partition coefficient (Wildman–Crippen LogP) is 3.76. The molecule has 1 aliphatic rings. The molecule has 13 heteroatoms. The lowest BCUT2D eigenvalue weighted by molar-refractivity contribution is -0.384. The van der Waals surface area contributed by atoms with Crippen LogP contribution < -0.4 is 10.5 Å². The Morgan fingerprint density at radius 2 is 1.82 bits per heavy atom. The third kappa shape index (κ3) is 9.15. The van der Waals surface area contributed by atoms with E-state index in [4.69, 9.17) is 9.88 Å². The molecule has 0 radical (unpaired) electrons. The first-order chi connectivity index (χ1) is 17.8. The Morgan fingerprint density at radius 3 is 2.39 bits per heavy atom. The number of piperazine rings is 1. The number of primary sulfonamides is 1. The molecule has 1 atom stereocenters. The first-order valence-electron chi connectivity index (χ1n) is 12.3. The highest BCUT2D eigenvalue weighted by molar-refractivity contribution is 7.99. The highest BCUT2D eigenvalue weighted by Gasteiger charge is 2.27. The Hall–Kier alpha value is -2.87.